The first-order valence-corrected chi connectivity index (χ1v) is 9.52. The van der Waals surface area contributed by atoms with Crippen molar-refractivity contribution in [2.24, 2.45) is 0 Å². The van der Waals surface area contributed by atoms with Gasteiger partial charge in [0.1, 0.15) is 6.04 Å². The SMILES string of the molecule is CC[C@@H](C(=O)N(CC)CC)N(c1ccc(Cl)cc1)S(C)(=O)=O. The van der Waals surface area contributed by atoms with Gasteiger partial charge in [-0.2, -0.15) is 0 Å². The lowest BCUT2D eigenvalue weighted by Crippen LogP contribution is -2.50. The predicted molar refractivity (Wildman–Crippen MR) is 90.8 cm³/mol. The van der Waals surface area contributed by atoms with Crippen LogP contribution < -0.4 is 4.31 Å². The van der Waals surface area contributed by atoms with E-state index in [1.807, 2.05) is 13.8 Å². The first-order valence-electron chi connectivity index (χ1n) is 7.29. The Morgan fingerprint density at radius 1 is 1.14 bits per heavy atom. The van der Waals surface area contributed by atoms with E-state index in [2.05, 4.69) is 0 Å². The van der Waals surface area contributed by atoms with Gasteiger partial charge in [-0.3, -0.25) is 9.10 Å². The number of carbonyl (C=O) groups is 1. The normalized spacial score (nSPS) is 12.8. The number of rotatable bonds is 7. The third-order valence-corrected chi connectivity index (χ3v) is 4.90. The molecule has 0 saturated heterocycles. The lowest BCUT2D eigenvalue weighted by atomic mass is 10.1. The van der Waals surface area contributed by atoms with Crippen LogP contribution in [0.3, 0.4) is 0 Å². The van der Waals surface area contributed by atoms with Crippen molar-refractivity contribution in [2.45, 2.75) is 33.2 Å². The van der Waals surface area contributed by atoms with Crippen LogP contribution in [0.25, 0.3) is 0 Å². The largest absolute Gasteiger partial charge is 0.341 e. The maximum Gasteiger partial charge on any atom is 0.246 e. The average Bonchev–Trinajstić information content (AvgIpc) is 2.45. The van der Waals surface area contributed by atoms with Gasteiger partial charge in [-0.25, -0.2) is 8.42 Å². The fourth-order valence-electron chi connectivity index (χ4n) is 2.38. The Morgan fingerprint density at radius 2 is 1.64 bits per heavy atom. The molecule has 1 amide bonds. The third kappa shape index (κ3) is 4.36. The number of anilines is 1. The summed E-state index contributed by atoms with van der Waals surface area (Å²) < 4.78 is 25.7. The smallest absolute Gasteiger partial charge is 0.246 e. The van der Waals surface area contributed by atoms with E-state index in [-0.39, 0.29) is 5.91 Å². The molecule has 0 heterocycles. The molecular formula is C15H23ClN2O3S. The standard InChI is InChI=1S/C15H23ClN2O3S/c1-5-14(15(19)17(6-2)7-3)18(22(4,20)21)13-10-8-12(16)9-11-13/h8-11,14H,5-7H2,1-4H3/t14-/m0/s1. The number of sulfonamides is 1. The number of hydrogen-bond donors (Lipinski definition) is 0. The van der Waals surface area contributed by atoms with E-state index in [1.165, 1.54) is 4.31 Å². The molecule has 1 aromatic rings. The number of likely N-dealkylation sites (N-methyl/N-ethyl adjacent to an activating group) is 1. The van der Waals surface area contributed by atoms with Gasteiger partial charge in [0.2, 0.25) is 15.9 Å². The third-order valence-electron chi connectivity index (χ3n) is 3.47. The van der Waals surface area contributed by atoms with Crippen LogP contribution in [0.1, 0.15) is 27.2 Å². The lowest BCUT2D eigenvalue weighted by molar-refractivity contribution is -0.132. The molecule has 0 bridgehead atoms. The topological polar surface area (TPSA) is 57.7 Å². The second-order valence-corrected chi connectivity index (χ2v) is 7.27. The highest BCUT2D eigenvalue weighted by Crippen LogP contribution is 2.25. The quantitative estimate of drug-likeness (QED) is 0.762. The highest BCUT2D eigenvalue weighted by atomic mass is 35.5. The predicted octanol–water partition coefficient (Wildman–Crippen LogP) is 2.75. The molecule has 0 aromatic heterocycles. The zero-order chi connectivity index (χ0) is 16.9. The van der Waals surface area contributed by atoms with Crippen LogP contribution in [-0.4, -0.2) is 44.6 Å². The molecule has 0 N–H and O–H groups in total. The Bertz CT molecular complexity index is 598. The van der Waals surface area contributed by atoms with Crippen LogP contribution in [0.5, 0.6) is 0 Å². The zero-order valence-electron chi connectivity index (χ0n) is 13.4. The van der Waals surface area contributed by atoms with Crippen LogP contribution >= 0.6 is 11.6 Å². The van der Waals surface area contributed by atoms with E-state index in [9.17, 15) is 13.2 Å². The Hall–Kier alpha value is -1.27. The highest BCUT2D eigenvalue weighted by Gasteiger charge is 2.33. The summed E-state index contributed by atoms with van der Waals surface area (Å²) in [6.07, 6.45) is 1.50. The first-order chi connectivity index (χ1) is 10.3. The summed E-state index contributed by atoms with van der Waals surface area (Å²) in [5, 5.41) is 0.514. The van der Waals surface area contributed by atoms with Gasteiger partial charge in [0.15, 0.2) is 0 Å². The number of carbonyl (C=O) groups excluding carboxylic acids is 1. The lowest BCUT2D eigenvalue weighted by Gasteiger charge is -2.33. The molecule has 0 spiro atoms. The van der Waals surface area contributed by atoms with E-state index >= 15 is 0 Å². The van der Waals surface area contributed by atoms with E-state index in [0.717, 1.165) is 6.26 Å². The van der Waals surface area contributed by atoms with E-state index in [0.29, 0.717) is 30.2 Å². The van der Waals surface area contributed by atoms with Crippen molar-refractivity contribution in [3.8, 4) is 0 Å². The van der Waals surface area contributed by atoms with Crippen molar-refractivity contribution in [3.63, 3.8) is 0 Å². The highest BCUT2D eigenvalue weighted by molar-refractivity contribution is 7.92. The molecular weight excluding hydrogens is 324 g/mol. The number of amides is 1. The summed E-state index contributed by atoms with van der Waals surface area (Å²) >= 11 is 5.86. The van der Waals surface area contributed by atoms with Gasteiger partial charge in [0.25, 0.3) is 0 Å². The molecule has 1 aromatic carbocycles. The van der Waals surface area contributed by atoms with Crippen LogP contribution in [-0.2, 0) is 14.8 Å². The second-order valence-electron chi connectivity index (χ2n) is 4.97. The van der Waals surface area contributed by atoms with Gasteiger partial charge in [0.05, 0.1) is 11.9 Å². The molecule has 0 aliphatic rings. The molecule has 0 radical (unpaired) electrons. The fourth-order valence-corrected chi connectivity index (χ4v) is 3.71. The minimum atomic E-state index is -3.59. The number of hydrogen-bond acceptors (Lipinski definition) is 3. The van der Waals surface area contributed by atoms with Gasteiger partial charge in [0, 0.05) is 18.1 Å². The van der Waals surface area contributed by atoms with Crippen molar-refractivity contribution in [2.75, 3.05) is 23.7 Å². The molecule has 22 heavy (non-hydrogen) atoms. The Kier molecular flexibility index (Phi) is 6.68. The maximum atomic E-state index is 12.7. The van der Waals surface area contributed by atoms with Crippen LogP contribution in [0.4, 0.5) is 5.69 Å². The Balaban J connectivity index is 3.31. The maximum absolute atomic E-state index is 12.7. The van der Waals surface area contributed by atoms with Gasteiger partial charge in [-0.15, -0.1) is 0 Å². The summed E-state index contributed by atoms with van der Waals surface area (Å²) in [6.45, 7) is 6.65. The summed E-state index contributed by atoms with van der Waals surface area (Å²) in [5.74, 6) is -0.187. The summed E-state index contributed by atoms with van der Waals surface area (Å²) in [4.78, 5) is 14.3. The van der Waals surface area contributed by atoms with Gasteiger partial charge in [-0.1, -0.05) is 18.5 Å². The van der Waals surface area contributed by atoms with Crippen molar-refractivity contribution in [3.05, 3.63) is 29.3 Å². The first kappa shape index (κ1) is 18.8. The van der Waals surface area contributed by atoms with Gasteiger partial charge >= 0.3 is 0 Å². The van der Waals surface area contributed by atoms with Crippen molar-refractivity contribution < 1.29 is 13.2 Å². The number of benzene rings is 1. The van der Waals surface area contributed by atoms with E-state index in [1.54, 1.807) is 36.1 Å². The van der Waals surface area contributed by atoms with Crippen molar-refractivity contribution >= 4 is 33.2 Å². The Morgan fingerprint density at radius 3 is 2.00 bits per heavy atom. The monoisotopic (exact) mass is 346 g/mol. The van der Waals surface area contributed by atoms with Crippen LogP contribution in [0.2, 0.25) is 5.02 Å². The summed E-state index contributed by atoms with van der Waals surface area (Å²) in [6, 6.07) is 5.70. The number of halogens is 1. The summed E-state index contributed by atoms with van der Waals surface area (Å²) in [5.41, 5.74) is 0.444. The minimum absolute atomic E-state index is 0.187. The molecule has 0 unspecified atom stereocenters. The van der Waals surface area contributed by atoms with Crippen LogP contribution in [0, 0.1) is 0 Å². The molecule has 0 saturated carbocycles. The molecule has 5 nitrogen and oxygen atoms in total. The van der Waals surface area contributed by atoms with Gasteiger partial charge < -0.3 is 4.90 Å². The fraction of sp³-hybridized carbons (Fsp3) is 0.533. The molecule has 1 rings (SSSR count). The molecule has 0 aliphatic heterocycles. The zero-order valence-corrected chi connectivity index (χ0v) is 15.0. The minimum Gasteiger partial charge on any atom is -0.341 e. The summed E-state index contributed by atoms with van der Waals surface area (Å²) in [7, 11) is -3.59. The molecule has 1 atom stereocenters. The molecule has 0 fully saturated rings. The van der Waals surface area contributed by atoms with Crippen molar-refractivity contribution in [1.82, 2.24) is 4.90 Å². The molecule has 124 valence electrons. The van der Waals surface area contributed by atoms with Gasteiger partial charge in [-0.05, 0) is 44.5 Å². The molecule has 7 heteroatoms. The van der Waals surface area contributed by atoms with E-state index in [4.69, 9.17) is 11.6 Å². The van der Waals surface area contributed by atoms with Crippen molar-refractivity contribution in [1.29, 1.82) is 0 Å². The average molecular weight is 347 g/mol. The molecule has 0 aliphatic carbocycles. The second kappa shape index (κ2) is 7.83. The Labute approximate surface area is 137 Å². The van der Waals surface area contributed by atoms with E-state index < -0.39 is 16.1 Å². The van der Waals surface area contributed by atoms with Crippen LogP contribution in [0.15, 0.2) is 24.3 Å². The number of nitrogens with zero attached hydrogens (tertiary/aromatic N) is 2.